The second-order valence-electron chi connectivity index (χ2n) is 5.26. The van der Waals surface area contributed by atoms with E-state index in [2.05, 4.69) is 10.9 Å². The van der Waals surface area contributed by atoms with Crippen LogP contribution in [0.15, 0.2) is 29.1 Å². The van der Waals surface area contributed by atoms with E-state index in [4.69, 9.17) is 25.4 Å². The molecular weight excluding hydrogens is 344 g/mol. The SMILES string of the molecule is C#CCn1c(=NC(=O)C2=COCCO2)sc2cc3c(cc21)OCCO3. The normalized spacial score (nSPS) is 16.6. The predicted octanol–water partition coefficient (Wildman–Crippen LogP) is 1.42. The maximum atomic E-state index is 12.3. The van der Waals surface area contributed by atoms with Gasteiger partial charge in [0, 0.05) is 12.1 Å². The Kier molecular flexibility index (Phi) is 4.07. The number of thiazole rings is 1. The number of nitrogens with zero attached hydrogens (tertiary/aromatic N) is 2. The van der Waals surface area contributed by atoms with Gasteiger partial charge in [0.2, 0.25) is 5.76 Å². The van der Waals surface area contributed by atoms with Crippen molar-refractivity contribution in [2.24, 2.45) is 4.99 Å². The van der Waals surface area contributed by atoms with Crippen LogP contribution in [-0.4, -0.2) is 36.9 Å². The fourth-order valence-electron chi connectivity index (χ4n) is 2.56. The average molecular weight is 358 g/mol. The van der Waals surface area contributed by atoms with E-state index in [9.17, 15) is 4.79 Å². The Labute approximate surface area is 147 Å². The van der Waals surface area contributed by atoms with Crippen LogP contribution >= 0.6 is 11.3 Å². The summed E-state index contributed by atoms with van der Waals surface area (Å²) < 4.78 is 24.3. The van der Waals surface area contributed by atoms with Crippen molar-refractivity contribution < 1.29 is 23.7 Å². The predicted molar refractivity (Wildman–Crippen MR) is 90.2 cm³/mol. The number of ether oxygens (including phenoxy) is 4. The number of hydrogen-bond donors (Lipinski definition) is 0. The standard InChI is InChI=1S/C17H14N2O5S/c1-2-3-19-11-8-12-13(23-7-6-22-12)9-15(11)25-17(19)18-16(20)14-10-21-4-5-24-14/h1,8-10H,3-7H2. The molecule has 0 N–H and O–H groups in total. The molecule has 8 heteroatoms. The highest BCUT2D eigenvalue weighted by atomic mass is 32.1. The molecule has 1 aromatic heterocycles. The van der Waals surface area contributed by atoms with Crippen molar-refractivity contribution in [1.29, 1.82) is 0 Å². The van der Waals surface area contributed by atoms with Crippen LogP contribution in [0.2, 0.25) is 0 Å². The summed E-state index contributed by atoms with van der Waals surface area (Å²) in [5.74, 6) is 3.51. The number of carbonyl (C=O) groups is 1. The smallest absolute Gasteiger partial charge is 0.317 e. The van der Waals surface area contributed by atoms with E-state index in [0.29, 0.717) is 42.7 Å². The van der Waals surface area contributed by atoms with Crippen molar-refractivity contribution >= 4 is 27.5 Å². The lowest BCUT2D eigenvalue weighted by atomic mass is 10.2. The molecule has 25 heavy (non-hydrogen) atoms. The number of carbonyl (C=O) groups excluding carboxylic acids is 1. The van der Waals surface area contributed by atoms with E-state index in [0.717, 1.165) is 10.2 Å². The summed E-state index contributed by atoms with van der Waals surface area (Å²) in [7, 11) is 0. The highest BCUT2D eigenvalue weighted by Crippen LogP contribution is 2.35. The summed E-state index contributed by atoms with van der Waals surface area (Å²) in [6.07, 6.45) is 6.77. The van der Waals surface area contributed by atoms with Gasteiger partial charge >= 0.3 is 5.91 Å². The van der Waals surface area contributed by atoms with Crippen molar-refractivity contribution in [2.75, 3.05) is 26.4 Å². The molecule has 128 valence electrons. The van der Waals surface area contributed by atoms with Crippen LogP contribution in [0.25, 0.3) is 10.2 Å². The van der Waals surface area contributed by atoms with Crippen molar-refractivity contribution in [3.8, 4) is 23.8 Å². The van der Waals surface area contributed by atoms with Crippen LogP contribution in [0.4, 0.5) is 0 Å². The number of hydrogen-bond acceptors (Lipinski definition) is 6. The number of aromatic nitrogens is 1. The molecule has 0 unspecified atom stereocenters. The average Bonchev–Trinajstić information content (AvgIpc) is 2.97. The van der Waals surface area contributed by atoms with Gasteiger partial charge < -0.3 is 23.5 Å². The van der Waals surface area contributed by atoms with Gasteiger partial charge in [-0.25, -0.2) is 0 Å². The zero-order valence-electron chi connectivity index (χ0n) is 13.2. The molecule has 3 heterocycles. The van der Waals surface area contributed by atoms with Gasteiger partial charge in [0.25, 0.3) is 0 Å². The summed E-state index contributed by atoms with van der Waals surface area (Å²) in [5, 5.41) is 0. The Hall–Kier alpha value is -2.92. The highest BCUT2D eigenvalue weighted by molar-refractivity contribution is 7.16. The largest absolute Gasteiger partial charge is 0.494 e. The Balaban J connectivity index is 1.83. The molecule has 0 fully saturated rings. The van der Waals surface area contributed by atoms with Gasteiger partial charge in [0.05, 0.1) is 16.8 Å². The zero-order valence-corrected chi connectivity index (χ0v) is 14.0. The molecule has 0 bridgehead atoms. The Morgan fingerprint density at radius 2 is 1.96 bits per heavy atom. The molecule has 2 aliphatic heterocycles. The number of rotatable bonds is 2. The number of amides is 1. The number of terminal acetylenes is 1. The number of benzene rings is 1. The van der Waals surface area contributed by atoms with Gasteiger partial charge in [-0.15, -0.1) is 6.42 Å². The third-order valence-corrected chi connectivity index (χ3v) is 4.69. The van der Waals surface area contributed by atoms with Gasteiger partial charge in [-0.05, 0) is 0 Å². The maximum Gasteiger partial charge on any atom is 0.317 e. The van der Waals surface area contributed by atoms with Gasteiger partial charge in [-0.3, -0.25) is 4.79 Å². The molecule has 0 atom stereocenters. The minimum Gasteiger partial charge on any atom is -0.494 e. The van der Waals surface area contributed by atoms with Crippen LogP contribution in [0, 0.1) is 12.3 Å². The minimum absolute atomic E-state index is 0.0851. The molecule has 2 aliphatic rings. The van der Waals surface area contributed by atoms with E-state index < -0.39 is 5.91 Å². The van der Waals surface area contributed by atoms with Crippen molar-refractivity contribution in [3.05, 3.63) is 29.0 Å². The Morgan fingerprint density at radius 3 is 2.68 bits per heavy atom. The fraction of sp³-hybridized carbons (Fsp3) is 0.294. The summed E-state index contributed by atoms with van der Waals surface area (Å²) in [6, 6.07) is 3.74. The lowest BCUT2D eigenvalue weighted by molar-refractivity contribution is -0.119. The fourth-order valence-corrected chi connectivity index (χ4v) is 3.60. The first-order chi connectivity index (χ1) is 12.3. The summed E-state index contributed by atoms with van der Waals surface area (Å²) >= 11 is 1.35. The third-order valence-electron chi connectivity index (χ3n) is 3.65. The van der Waals surface area contributed by atoms with Crippen LogP contribution in [0.1, 0.15) is 0 Å². The Morgan fingerprint density at radius 1 is 1.20 bits per heavy atom. The molecule has 1 amide bonds. The first kappa shape index (κ1) is 15.6. The van der Waals surface area contributed by atoms with E-state index in [1.807, 2.05) is 12.1 Å². The lowest BCUT2D eigenvalue weighted by Crippen LogP contribution is -2.20. The van der Waals surface area contributed by atoms with Crippen LogP contribution in [-0.2, 0) is 20.8 Å². The van der Waals surface area contributed by atoms with Gasteiger partial charge in [0.1, 0.15) is 32.7 Å². The molecule has 1 aromatic carbocycles. The first-order valence-corrected chi connectivity index (χ1v) is 8.48. The molecular formula is C17H14N2O5S. The minimum atomic E-state index is -0.505. The van der Waals surface area contributed by atoms with E-state index in [1.54, 1.807) is 4.57 Å². The van der Waals surface area contributed by atoms with Crippen LogP contribution in [0.5, 0.6) is 11.5 Å². The maximum absolute atomic E-state index is 12.3. The first-order valence-electron chi connectivity index (χ1n) is 7.66. The molecule has 0 radical (unpaired) electrons. The monoisotopic (exact) mass is 358 g/mol. The molecule has 0 spiro atoms. The molecule has 0 saturated heterocycles. The number of fused-ring (bicyclic) bond motifs is 2. The van der Waals surface area contributed by atoms with Gasteiger partial charge in [0.15, 0.2) is 16.3 Å². The quantitative estimate of drug-likeness (QED) is 0.760. The second kappa shape index (κ2) is 6.53. The third kappa shape index (κ3) is 2.94. The molecule has 7 nitrogen and oxygen atoms in total. The van der Waals surface area contributed by atoms with E-state index in [1.165, 1.54) is 17.6 Å². The van der Waals surface area contributed by atoms with Crippen LogP contribution in [0.3, 0.4) is 0 Å². The topological polar surface area (TPSA) is 71.3 Å². The summed E-state index contributed by atoms with van der Waals surface area (Å²) in [4.78, 5) is 16.9. The van der Waals surface area contributed by atoms with E-state index >= 15 is 0 Å². The Bertz CT molecular complexity index is 979. The molecule has 4 rings (SSSR count). The highest BCUT2D eigenvalue weighted by Gasteiger charge is 2.18. The van der Waals surface area contributed by atoms with Crippen LogP contribution < -0.4 is 14.3 Å². The second-order valence-corrected chi connectivity index (χ2v) is 6.27. The zero-order chi connectivity index (χ0) is 17.2. The molecule has 0 saturated carbocycles. The summed E-state index contributed by atoms with van der Waals surface area (Å²) in [5.41, 5.74) is 0.841. The molecule has 2 aromatic rings. The van der Waals surface area contributed by atoms with Gasteiger partial charge in [-0.1, -0.05) is 17.3 Å². The summed E-state index contributed by atoms with van der Waals surface area (Å²) in [6.45, 7) is 2.03. The van der Waals surface area contributed by atoms with Crippen molar-refractivity contribution in [1.82, 2.24) is 4.57 Å². The van der Waals surface area contributed by atoms with E-state index in [-0.39, 0.29) is 12.3 Å². The van der Waals surface area contributed by atoms with Crippen molar-refractivity contribution in [2.45, 2.75) is 6.54 Å². The molecule has 0 aliphatic carbocycles. The lowest BCUT2D eigenvalue weighted by Gasteiger charge is -2.18. The van der Waals surface area contributed by atoms with Crippen molar-refractivity contribution in [3.63, 3.8) is 0 Å². The van der Waals surface area contributed by atoms with Gasteiger partial charge in [-0.2, -0.15) is 4.99 Å².